The Bertz CT molecular complexity index is 1070. The van der Waals surface area contributed by atoms with Gasteiger partial charge in [-0.05, 0) is 42.1 Å². The molecular formula is C23H21NO5S. The quantitative estimate of drug-likeness (QED) is 0.337. The van der Waals surface area contributed by atoms with Crippen molar-refractivity contribution in [2.75, 3.05) is 6.61 Å². The van der Waals surface area contributed by atoms with E-state index in [0.29, 0.717) is 23.7 Å². The topological polar surface area (TPSA) is 80.0 Å². The number of ketones is 1. The van der Waals surface area contributed by atoms with Crippen molar-refractivity contribution in [1.29, 1.82) is 0 Å². The fourth-order valence-corrected chi connectivity index (χ4v) is 4.31. The fourth-order valence-electron chi connectivity index (χ4n) is 3.46. The molecule has 0 bridgehead atoms. The van der Waals surface area contributed by atoms with Crippen LogP contribution in [0.4, 0.5) is 0 Å². The molecular weight excluding hydrogens is 402 g/mol. The van der Waals surface area contributed by atoms with Gasteiger partial charge in [0.1, 0.15) is 23.3 Å². The van der Waals surface area contributed by atoms with Crippen molar-refractivity contribution in [3.63, 3.8) is 0 Å². The predicted octanol–water partition coefficient (Wildman–Crippen LogP) is 4.75. The minimum absolute atomic E-state index is 0.0710. The average Bonchev–Trinajstić information content (AvgIpc) is 3.51. The zero-order valence-electron chi connectivity index (χ0n) is 16.4. The summed E-state index contributed by atoms with van der Waals surface area (Å²) in [6.07, 6.45) is 2.38. The molecule has 6 nitrogen and oxygen atoms in total. The highest BCUT2D eigenvalue weighted by atomic mass is 32.1. The van der Waals surface area contributed by atoms with E-state index in [1.165, 1.54) is 22.5 Å². The Labute approximate surface area is 178 Å². The lowest BCUT2D eigenvalue weighted by molar-refractivity contribution is -0.140. The number of thiophene rings is 1. The number of rotatable bonds is 7. The van der Waals surface area contributed by atoms with Crippen LogP contribution in [-0.2, 0) is 16.1 Å². The smallest absolute Gasteiger partial charge is 0.296 e. The van der Waals surface area contributed by atoms with E-state index < -0.39 is 17.7 Å². The molecule has 1 saturated heterocycles. The molecule has 0 saturated carbocycles. The maximum absolute atomic E-state index is 13.0. The van der Waals surface area contributed by atoms with Crippen molar-refractivity contribution < 1.29 is 23.8 Å². The highest BCUT2D eigenvalue weighted by molar-refractivity contribution is 7.10. The predicted molar refractivity (Wildman–Crippen MR) is 113 cm³/mol. The monoisotopic (exact) mass is 423 g/mol. The van der Waals surface area contributed by atoms with E-state index in [0.717, 1.165) is 11.3 Å². The maximum Gasteiger partial charge on any atom is 0.296 e. The Morgan fingerprint density at radius 1 is 1.20 bits per heavy atom. The molecule has 1 fully saturated rings. The Morgan fingerprint density at radius 2 is 2.07 bits per heavy atom. The molecule has 0 radical (unpaired) electrons. The van der Waals surface area contributed by atoms with Gasteiger partial charge >= 0.3 is 0 Å². The van der Waals surface area contributed by atoms with Crippen LogP contribution in [0.3, 0.4) is 0 Å². The molecule has 3 aromatic rings. The summed E-state index contributed by atoms with van der Waals surface area (Å²) in [4.78, 5) is 28.0. The summed E-state index contributed by atoms with van der Waals surface area (Å²) < 4.78 is 11.0. The van der Waals surface area contributed by atoms with E-state index in [4.69, 9.17) is 9.15 Å². The molecule has 154 valence electrons. The first-order valence-electron chi connectivity index (χ1n) is 9.67. The molecule has 3 heterocycles. The summed E-state index contributed by atoms with van der Waals surface area (Å²) in [6.45, 7) is 2.69. The zero-order chi connectivity index (χ0) is 21.1. The molecule has 1 unspecified atom stereocenters. The summed E-state index contributed by atoms with van der Waals surface area (Å²) in [7, 11) is 0. The lowest BCUT2D eigenvalue weighted by Gasteiger charge is -2.23. The molecule has 30 heavy (non-hydrogen) atoms. The summed E-state index contributed by atoms with van der Waals surface area (Å²) in [5.74, 6) is -0.426. The van der Waals surface area contributed by atoms with Gasteiger partial charge in [0, 0.05) is 10.4 Å². The number of Topliss-reactive ketones (excluding diaryl/α,β-unsaturated/α-hetero) is 1. The molecule has 0 aliphatic carbocycles. The molecule has 1 aliphatic rings. The summed E-state index contributed by atoms with van der Waals surface area (Å²) >= 11 is 1.42. The minimum Gasteiger partial charge on any atom is -0.507 e. The third-order valence-electron chi connectivity index (χ3n) is 4.84. The number of likely N-dealkylation sites (tertiary alicyclic amines) is 1. The van der Waals surface area contributed by atoms with Gasteiger partial charge in [-0.15, -0.1) is 11.3 Å². The number of furan rings is 1. The first kappa shape index (κ1) is 20.0. The van der Waals surface area contributed by atoms with E-state index in [9.17, 15) is 14.7 Å². The standard InChI is InChI=1S/C23H21NO5S/c1-2-10-28-16-7-3-6-15(13-16)21(25)19-20(18-9-5-12-30-18)24(23(27)22(19)26)14-17-8-4-11-29-17/h3-9,11-13,20,25H,2,10,14H2,1H3/b21-19+. The molecule has 2 aromatic heterocycles. The number of nitrogens with zero attached hydrogens (tertiary/aromatic N) is 1. The Kier molecular flexibility index (Phi) is 5.72. The van der Waals surface area contributed by atoms with Crippen LogP contribution in [0, 0.1) is 0 Å². The maximum atomic E-state index is 13.0. The first-order valence-corrected chi connectivity index (χ1v) is 10.6. The van der Waals surface area contributed by atoms with Crippen molar-refractivity contribution in [3.8, 4) is 5.75 Å². The third kappa shape index (κ3) is 3.76. The van der Waals surface area contributed by atoms with E-state index in [1.54, 1.807) is 36.4 Å². The van der Waals surface area contributed by atoms with Gasteiger partial charge < -0.3 is 19.2 Å². The number of amides is 1. The van der Waals surface area contributed by atoms with Gasteiger partial charge in [-0.3, -0.25) is 9.59 Å². The van der Waals surface area contributed by atoms with Gasteiger partial charge in [0.2, 0.25) is 0 Å². The van der Waals surface area contributed by atoms with E-state index in [2.05, 4.69) is 0 Å². The molecule has 0 spiro atoms. The Balaban J connectivity index is 1.78. The van der Waals surface area contributed by atoms with Crippen molar-refractivity contribution >= 4 is 28.8 Å². The number of aliphatic hydroxyl groups is 1. The van der Waals surface area contributed by atoms with Crippen LogP contribution in [0.25, 0.3) is 5.76 Å². The highest BCUT2D eigenvalue weighted by Crippen LogP contribution is 2.42. The number of aliphatic hydroxyl groups excluding tert-OH is 1. The Hall–Kier alpha value is -3.32. The second kappa shape index (κ2) is 8.59. The van der Waals surface area contributed by atoms with Crippen molar-refractivity contribution in [3.05, 3.63) is 81.9 Å². The van der Waals surface area contributed by atoms with Crippen LogP contribution in [0.5, 0.6) is 5.75 Å². The van der Waals surface area contributed by atoms with Crippen LogP contribution < -0.4 is 4.74 Å². The van der Waals surface area contributed by atoms with Crippen LogP contribution in [-0.4, -0.2) is 28.3 Å². The number of carbonyl (C=O) groups excluding carboxylic acids is 2. The van der Waals surface area contributed by atoms with Gasteiger partial charge in [0.05, 0.1) is 25.0 Å². The first-order chi connectivity index (χ1) is 14.6. The van der Waals surface area contributed by atoms with Crippen molar-refractivity contribution in [2.45, 2.75) is 25.9 Å². The number of ether oxygens (including phenoxy) is 1. The van der Waals surface area contributed by atoms with Gasteiger partial charge in [-0.2, -0.15) is 0 Å². The average molecular weight is 423 g/mol. The van der Waals surface area contributed by atoms with Crippen molar-refractivity contribution in [2.24, 2.45) is 0 Å². The zero-order valence-corrected chi connectivity index (χ0v) is 17.2. The summed E-state index contributed by atoms with van der Waals surface area (Å²) in [5, 5.41) is 13.0. The largest absolute Gasteiger partial charge is 0.507 e. The van der Waals surface area contributed by atoms with E-state index >= 15 is 0 Å². The molecule has 7 heteroatoms. The lowest BCUT2D eigenvalue weighted by Crippen LogP contribution is -2.28. The molecule has 1 N–H and O–H groups in total. The number of hydrogen-bond acceptors (Lipinski definition) is 6. The van der Waals surface area contributed by atoms with Gasteiger partial charge in [-0.1, -0.05) is 25.1 Å². The van der Waals surface area contributed by atoms with Crippen molar-refractivity contribution in [1.82, 2.24) is 4.90 Å². The number of carbonyl (C=O) groups is 2. The van der Waals surface area contributed by atoms with Crippen LogP contribution in [0.1, 0.15) is 35.6 Å². The fraction of sp³-hybridized carbons (Fsp3) is 0.217. The molecule has 1 aromatic carbocycles. The van der Waals surface area contributed by atoms with Crippen LogP contribution in [0.15, 0.2) is 70.2 Å². The van der Waals surface area contributed by atoms with Gasteiger partial charge in [0.25, 0.3) is 11.7 Å². The second-order valence-electron chi connectivity index (χ2n) is 6.90. The minimum atomic E-state index is -0.711. The normalized spacial score (nSPS) is 18.2. The van der Waals surface area contributed by atoms with Crippen LogP contribution in [0.2, 0.25) is 0 Å². The van der Waals surface area contributed by atoms with Gasteiger partial charge in [0.15, 0.2) is 0 Å². The Morgan fingerprint density at radius 3 is 2.77 bits per heavy atom. The number of hydrogen-bond donors (Lipinski definition) is 1. The summed E-state index contributed by atoms with van der Waals surface area (Å²) in [6, 6.07) is 13.4. The van der Waals surface area contributed by atoms with E-state index in [1.807, 2.05) is 24.4 Å². The highest BCUT2D eigenvalue weighted by Gasteiger charge is 2.46. The van der Waals surface area contributed by atoms with Crippen LogP contribution >= 0.6 is 11.3 Å². The number of benzene rings is 1. The second-order valence-corrected chi connectivity index (χ2v) is 7.88. The molecule has 1 aliphatic heterocycles. The lowest BCUT2D eigenvalue weighted by atomic mass is 9.99. The van der Waals surface area contributed by atoms with Gasteiger partial charge in [-0.25, -0.2) is 0 Å². The molecule has 4 rings (SSSR count). The summed E-state index contributed by atoms with van der Waals surface area (Å²) in [5.41, 5.74) is 0.503. The SMILES string of the molecule is CCCOc1cccc(/C(O)=C2\C(=O)C(=O)N(Cc3ccco3)C2c2cccs2)c1. The third-order valence-corrected chi connectivity index (χ3v) is 5.76. The van der Waals surface area contributed by atoms with E-state index in [-0.39, 0.29) is 17.9 Å². The molecule has 1 amide bonds. The molecule has 1 atom stereocenters.